The van der Waals surface area contributed by atoms with E-state index in [1.807, 2.05) is 6.07 Å². The van der Waals surface area contributed by atoms with Crippen molar-refractivity contribution in [1.82, 2.24) is 9.78 Å². The van der Waals surface area contributed by atoms with Gasteiger partial charge in [0, 0.05) is 25.2 Å². The van der Waals surface area contributed by atoms with Crippen LogP contribution in [-0.4, -0.2) is 29.4 Å². The molecule has 21 heavy (non-hydrogen) atoms. The van der Waals surface area contributed by atoms with E-state index in [1.165, 1.54) is 12.3 Å². The van der Waals surface area contributed by atoms with Gasteiger partial charge in [0.1, 0.15) is 6.73 Å². The molecule has 0 unspecified atom stereocenters. The smallest absolute Gasteiger partial charge is 0.281 e. The zero-order valence-corrected chi connectivity index (χ0v) is 14.9. The Morgan fingerprint density at radius 3 is 2.76 bits per heavy atom. The third-order valence-electron chi connectivity index (χ3n) is 3.11. The Morgan fingerprint density at radius 1 is 1.43 bits per heavy atom. The van der Waals surface area contributed by atoms with Crippen LogP contribution in [0.25, 0.3) is 10.9 Å². The summed E-state index contributed by atoms with van der Waals surface area (Å²) in [5, 5.41) is 15.8. The zero-order valence-electron chi connectivity index (χ0n) is 12.3. The van der Waals surface area contributed by atoms with E-state index >= 15 is 0 Å². The molecule has 1 aromatic carbocycles. The minimum absolute atomic E-state index is 0.0488. The number of nitro groups is 1. The normalized spacial score (nSPS) is 12.0. The third kappa shape index (κ3) is 4.11. The van der Waals surface area contributed by atoms with Crippen molar-refractivity contribution in [2.24, 2.45) is 0 Å². The minimum atomic E-state index is -1.12. The van der Waals surface area contributed by atoms with Gasteiger partial charge in [-0.2, -0.15) is 5.10 Å². The second kappa shape index (κ2) is 6.25. The molecule has 1 aromatic heterocycles. The second-order valence-corrected chi connectivity index (χ2v) is 12.6. The highest BCUT2D eigenvalue weighted by atomic mass is 79.9. The van der Waals surface area contributed by atoms with Gasteiger partial charge in [0.25, 0.3) is 5.69 Å². The number of rotatable bonds is 6. The Bertz CT molecular complexity index is 666. The molecule has 0 N–H and O–H groups in total. The predicted molar refractivity (Wildman–Crippen MR) is 88.2 cm³/mol. The molecule has 8 heteroatoms. The molecule has 0 atom stereocenters. The lowest BCUT2D eigenvalue weighted by Gasteiger charge is -2.15. The molecule has 114 valence electrons. The molecule has 0 amide bonds. The van der Waals surface area contributed by atoms with E-state index in [9.17, 15) is 10.1 Å². The van der Waals surface area contributed by atoms with E-state index in [-0.39, 0.29) is 5.69 Å². The number of benzene rings is 1. The topological polar surface area (TPSA) is 70.2 Å². The molecule has 0 fully saturated rings. The second-order valence-electron chi connectivity index (χ2n) is 6.11. The van der Waals surface area contributed by atoms with E-state index in [0.29, 0.717) is 28.7 Å². The van der Waals surface area contributed by atoms with Gasteiger partial charge in [-0.15, -0.1) is 0 Å². The van der Waals surface area contributed by atoms with Crippen LogP contribution >= 0.6 is 15.9 Å². The van der Waals surface area contributed by atoms with Crippen LogP contribution in [0.2, 0.25) is 25.7 Å². The molecule has 0 aliphatic heterocycles. The molecular weight excluding hydrogens is 354 g/mol. The lowest BCUT2D eigenvalue weighted by Crippen LogP contribution is -2.22. The van der Waals surface area contributed by atoms with Crippen molar-refractivity contribution in [1.29, 1.82) is 0 Å². The van der Waals surface area contributed by atoms with E-state index in [1.54, 1.807) is 4.68 Å². The van der Waals surface area contributed by atoms with Crippen LogP contribution < -0.4 is 0 Å². The van der Waals surface area contributed by atoms with Crippen LogP contribution in [-0.2, 0) is 11.5 Å². The Hall–Kier alpha value is -1.25. The standard InChI is InChI=1S/C13H18BrN3O3Si/c1-21(2,3)5-4-20-9-16-12-6-10(14)7-13(17(18)19)11(12)8-15-16/h6-8H,4-5,9H2,1-3H3. The molecule has 6 nitrogen and oxygen atoms in total. The van der Waals surface area contributed by atoms with Crippen molar-refractivity contribution in [3.63, 3.8) is 0 Å². The van der Waals surface area contributed by atoms with Crippen LogP contribution in [0.3, 0.4) is 0 Å². The van der Waals surface area contributed by atoms with Gasteiger partial charge < -0.3 is 4.74 Å². The van der Waals surface area contributed by atoms with Gasteiger partial charge in [-0.05, 0) is 12.1 Å². The average molecular weight is 372 g/mol. The number of ether oxygens (including phenoxy) is 1. The van der Waals surface area contributed by atoms with E-state index in [4.69, 9.17) is 4.74 Å². The fourth-order valence-corrected chi connectivity index (χ4v) is 3.10. The Kier molecular flexibility index (Phi) is 4.80. The fourth-order valence-electron chi connectivity index (χ4n) is 1.91. The summed E-state index contributed by atoms with van der Waals surface area (Å²) in [5.41, 5.74) is 0.747. The lowest BCUT2D eigenvalue weighted by atomic mass is 10.2. The number of hydrogen-bond acceptors (Lipinski definition) is 4. The zero-order chi connectivity index (χ0) is 15.6. The lowest BCUT2D eigenvalue weighted by molar-refractivity contribution is -0.383. The first kappa shape index (κ1) is 16.1. The van der Waals surface area contributed by atoms with Gasteiger partial charge in [-0.1, -0.05) is 35.6 Å². The number of non-ortho nitro benzene ring substituents is 1. The highest BCUT2D eigenvalue weighted by Crippen LogP contribution is 2.29. The molecule has 0 saturated heterocycles. The van der Waals surface area contributed by atoms with Crippen molar-refractivity contribution in [3.05, 3.63) is 32.9 Å². The van der Waals surface area contributed by atoms with Gasteiger partial charge in [0.2, 0.25) is 0 Å². The number of aromatic nitrogens is 2. The summed E-state index contributed by atoms with van der Waals surface area (Å²) in [7, 11) is -1.12. The maximum absolute atomic E-state index is 11.1. The van der Waals surface area contributed by atoms with Crippen molar-refractivity contribution in [3.8, 4) is 0 Å². The summed E-state index contributed by atoms with van der Waals surface area (Å²) >= 11 is 3.30. The van der Waals surface area contributed by atoms with Gasteiger partial charge in [0.05, 0.1) is 22.0 Å². The van der Waals surface area contributed by atoms with Crippen molar-refractivity contribution >= 4 is 40.6 Å². The summed E-state index contributed by atoms with van der Waals surface area (Å²) in [6.07, 6.45) is 1.52. The summed E-state index contributed by atoms with van der Waals surface area (Å²) < 4.78 is 7.96. The molecular formula is C13H18BrN3O3Si. The van der Waals surface area contributed by atoms with Gasteiger partial charge in [-0.3, -0.25) is 10.1 Å². The highest BCUT2D eigenvalue weighted by Gasteiger charge is 2.17. The first-order chi connectivity index (χ1) is 9.78. The van der Waals surface area contributed by atoms with Crippen LogP contribution in [0.15, 0.2) is 22.8 Å². The van der Waals surface area contributed by atoms with E-state index in [0.717, 1.165) is 6.04 Å². The largest absolute Gasteiger partial charge is 0.360 e. The van der Waals surface area contributed by atoms with Crippen LogP contribution in [0, 0.1) is 10.1 Å². The van der Waals surface area contributed by atoms with Gasteiger partial charge >= 0.3 is 0 Å². The first-order valence-corrected chi connectivity index (χ1v) is 11.2. The SMILES string of the molecule is C[Si](C)(C)CCOCn1ncc2c([N+](=O)[O-])cc(Br)cc21. The number of hydrogen-bond donors (Lipinski definition) is 0. The monoisotopic (exact) mass is 371 g/mol. The summed E-state index contributed by atoms with van der Waals surface area (Å²) in [6, 6.07) is 4.38. The minimum Gasteiger partial charge on any atom is -0.360 e. The van der Waals surface area contributed by atoms with Crippen molar-refractivity contribution in [2.45, 2.75) is 32.4 Å². The highest BCUT2D eigenvalue weighted by molar-refractivity contribution is 9.10. The Labute approximate surface area is 132 Å². The van der Waals surface area contributed by atoms with Gasteiger partial charge in [0.15, 0.2) is 0 Å². The molecule has 2 aromatic rings. The number of fused-ring (bicyclic) bond motifs is 1. The quantitative estimate of drug-likeness (QED) is 0.332. The Balaban J connectivity index is 2.16. The molecule has 2 rings (SSSR count). The van der Waals surface area contributed by atoms with Crippen LogP contribution in [0.1, 0.15) is 0 Å². The van der Waals surface area contributed by atoms with E-state index < -0.39 is 13.0 Å². The summed E-state index contributed by atoms with van der Waals surface area (Å²) in [4.78, 5) is 10.7. The molecule has 0 bridgehead atoms. The summed E-state index contributed by atoms with van der Waals surface area (Å²) in [5.74, 6) is 0. The van der Waals surface area contributed by atoms with Crippen molar-refractivity contribution in [2.75, 3.05) is 6.61 Å². The average Bonchev–Trinajstić information content (AvgIpc) is 2.75. The fraction of sp³-hybridized carbons (Fsp3) is 0.462. The molecule has 0 aliphatic carbocycles. The Morgan fingerprint density at radius 2 is 2.14 bits per heavy atom. The number of nitrogens with zero attached hydrogens (tertiary/aromatic N) is 3. The van der Waals surface area contributed by atoms with Crippen LogP contribution in [0.5, 0.6) is 0 Å². The van der Waals surface area contributed by atoms with Gasteiger partial charge in [-0.25, -0.2) is 4.68 Å². The maximum Gasteiger partial charge on any atom is 0.281 e. The summed E-state index contributed by atoms with van der Waals surface area (Å²) in [6.45, 7) is 7.87. The van der Waals surface area contributed by atoms with E-state index in [2.05, 4.69) is 40.7 Å². The maximum atomic E-state index is 11.1. The molecule has 0 saturated carbocycles. The number of nitro benzene ring substituents is 1. The van der Waals surface area contributed by atoms with Crippen molar-refractivity contribution < 1.29 is 9.66 Å². The third-order valence-corrected chi connectivity index (χ3v) is 5.27. The predicted octanol–water partition coefficient (Wildman–Crippen LogP) is 4.02. The molecule has 1 heterocycles. The van der Waals surface area contributed by atoms with Crippen LogP contribution in [0.4, 0.5) is 5.69 Å². The molecule has 0 aliphatic rings. The molecule has 0 spiro atoms. The number of halogens is 1. The molecule has 0 radical (unpaired) electrons. The first-order valence-electron chi connectivity index (χ1n) is 6.65.